The molecule has 0 unspecified atom stereocenters. The third-order valence-electron chi connectivity index (χ3n) is 1.000. The van der Waals surface area contributed by atoms with Gasteiger partial charge in [-0.3, -0.25) is 4.79 Å². The summed E-state index contributed by atoms with van der Waals surface area (Å²) in [6.45, 7) is 0.835. The normalized spacial score (nSPS) is 9.73. The molecule has 15 heavy (non-hydrogen) atoms. The van der Waals surface area contributed by atoms with Crippen molar-refractivity contribution in [2.75, 3.05) is 13.2 Å². The van der Waals surface area contributed by atoms with Crippen LogP contribution >= 0.6 is 0 Å². The van der Waals surface area contributed by atoms with Gasteiger partial charge in [0.15, 0.2) is 0 Å². The Hall–Kier alpha value is 1.34. The number of carbonyl (C=O) groups excluding carboxylic acids is 1. The molecule has 0 spiro atoms. The fourth-order valence-electron chi connectivity index (χ4n) is 0.543. The summed E-state index contributed by atoms with van der Waals surface area (Å²) in [5, 5.41) is 8.35. The van der Waals surface area contributed by atoms with Crippen LogP contribution < -0.4 is 0 Å². The van der Waals surface area contributed by atoms with Crippen molar-refractivity contribution in [3.8, 4) is 0 Å². The molecule has 0 radical (unpaired) electrons. The second-order valence-corrected chi connectivity index (χ2v) is 3.45. The number of unbranched alkanes of at least 4 members (excludes halogenated alkanes) is 1. The first-order valence-corrected chi connectivity index (χ1v) is 5.01. The third-order valence-corrected chi connectivity index (χ3v) is 1.89. The van der Waals surface area contributed by atoms with Gasteiger partial charge < -0.3 is 9.29 Å². The standard InChI is InChI=1S/C6H12O6S.2Na.2H/c1-6(8)12-13(9,10)11-5-3-2-4-7;;;;/h7H,2-5H2,1H3;;;;. The van der Waals surface area contributed by atoms with E-state index in [1.807, 2.05) is 0 Å². The van der Waals surface area contributed by atoms with Gasteiger partial charge in [0, 0.05) is 13.5 Å². The number of hydrogen-bond acceptors (Lipinski definition) is 6. The Morgan fingerprint density at radius 3 is 2.20 bits per heavy atom. The van der Waals surface area contributed by atoms with E-state index in [2.05, 4.69) is 8.37 Å². The van der Waals surface area contributed by atoms with Crippen LogP contribution in [0.4, 0.5) is 0 Å². The van der Waals surface area contributed by atoms with E-state index in [0.29, 0.717) is 12.8 Å². The first-order valence-electron chi connectivity index (χ1n) is 3.68. The monoisotopic (exact) mass is 260 g/mol. The molecule has 0 rings (SSSR count). The summed E-state index contributed by atoms with van der Waals surface area (Å²) in [5.41, 5.74) is 0. The molecule has 0 aliphatic carbocycles. The van der Waals surface area contributed by atoms with Gasteiger partial charge in [-0.2, -0.15) is 8.42 Å². The summed E-state index contributed by atoms with van der Waals surface area (Å²) in [6, 6.07) is 0. The Bertz CT molecular complexity index is 252. The molecule has 0 saturated carbocycles. The topological polar surface area (TPSA) is 89.9 Å². The molecule has 0 aliphatic heterocycles. The zero-order valence-corrected chi connectivity index (χ0v) is 8.04. The van der Waals surface area contributed by atoms with Gasteiger partial charge in [0.2, 0.25) is 0 Å². The Morgan fingerprint density at radius 2 is 1.80 bits per heavy atom. The summed E-state index contributed by atoms with van der Waals surface area (Å²) in [7, 11) is -4.19. The summed E-state index contributed by atoms with van der Waals surface area (Å²) in [5.74, 6) is -0.942. The van der Waals surface area contributed by atoms with Gasteiger partial charge in [-0.1, -0.05) is 0 Å². The van der Waals surface area contributed by atoms with Crippen LogP contribution in [0.15, 0.2) is 0 Å². The van der Waals surface area contributed by atoms with Crippen molar-refractivity contribution in [3.63, 3.8) is 0 Å². The Morgan fingerprint density at radius 1 is 1.27 bits per heavy atom. The average Bonchev–Trinajstić information content (AvgIpc) is 1.95. The number of hydrogen-bond donors (Lipinski definition) is 1. The van der Waals surface area contributed by atoms with Crippen LogP contribution in [0.3, 0.4) is 0 Å². The minimum atomic E-state index is -4.19. The van der Waals surface area contributed by atoms with Crippen LogP contribution in [-0.2, 0) is 23.6 Å². The van der Waals surface area contributed by atoms with E-state index in [4.69, 9.17) is 5.11 Å². The van der Waals surface area contributed by atoms with E-state index in [0.717, 1.165) is 6.92 Å². The summed E-state index contributed by atoms with van der Waals surface area (Å²) in [4.78, 5) is 10.2. The minimum absolute atomic E-state index is 0. The zero-order valence-electron chi connectivity index (χ0n) is 7.23. The fourth-order valence-corrected chi connectivity index (χ4v) is 1.20. The molecule has 0 atom stereocenters. The van der Waals surface area contributed by atoms with Gasteiger partial charge in [-0.05, 0) is 12.8 Å². The van der Waals surface area contributed by atoms with Crippen LogP contribution in [0.25, 0.3) is 0 Å². The van der Waals surface area contributed by atoms with Crippen molar-refractivity contribution in [1.29, 1.82) is 0 Å². The SMILES string of the molecule is CC(=O)OS(=O)(=O)OCCCCO.[NaH].[NaH]. The van der Waals surface area contributed by atoms with Crippen molar-refractivity contribution in [2.24, 2.45) is 0 Å². The van der Waals surface area contributed by atoms with Gasteiger partial charge in [-0.25, -0.2) is 4.18 Å². The number of aliphatic hydroxyl groups is 1. The van der Waals surface area contributed by atoms with Crippen molar-refractivity contribution in [3.05, 3.63) is 0 Å². The molecule has 0 aliphatic rings. The van der Waals surface area contributed by atoms with Crippen molar-refractivity contribution in [2.45, 2.75) is 19.8 Å². The molecule has 6 nitrogen and oxygen atoms in total. The molecule has 0 fully saturated rings. The van der Waals surface area contributed by atoms with Gasteiger partial charge in [0.25, 0.3) is 0 Å². The van der Waals surface area contributed by atoms with Crippen LogP contribution in [0.2, 0.25) is 0 Å². The second-order valence-electron chi connectivity index (χ2n) is 2.24. The first-order chi connectivity index (χ1) is 5.98. The van der Waals surface area contributed by atoms with E-state index in [1.165, 1.54) is 0 Å². The molecule has 0 aromatic heterocycles. The van der Waals surface area contributed by atoms with E-state index in [9.17, 15) is 13.2 Å². The number of aliphatic hydroxyl groups excluding tert-OH is 1. The maximum absolute atomic E-state index is 10.7. The van der Waals surface area contributed by atoms with Gasteiger partial charge in [-0.15, -0.1) is 0 Å². The predicted octanol–water partition coefficient (Wildman–Crippen LogP) is -1.71. The van der Waals surface area contributed by atoms with Crippen molar-refractivity contribution >= 4 is 75.5 Å². The van der Waals surface area contributed by atoms with Crippen LogP contribution in [-0.4, -0.2) is 91.8 Å². The van der Waals surface area contributed by atoms with E-state index >= 15 is 0 Å². The van der Waals surface area contributed by atoms with Gasteiger partial charge >= 0.3 is 75.5 Å². The first kappa shape index (κ1) is 21.6. The second kappa shape index (κ2) is 11.8. The van der Waals surface area contributed by atoms with Crippen molar-refractivity contribution in [1.82, 2.24) is 0 Å². The summed E-state index contributed by atoms with van der Waals surface area (Å²) in [6.07, 6.45) is 0.826. The van der Waals surface area contributed by atoms with Crippen LogP contribution in [0, 0.1) is 0 Å². The molecule has 0 amide bonds. The van der Waals surface area contributed by atoms with E-state index in [-0.39, 0.29) is 72.3 Å². The molecule has 0 aromatic rings. The number of rotatable bonds is 6. The van der Waals surface area contributed by atoms with E-state index in [1.54, 1.807) is 0 Å². The zero-order chi connectivity index (χ0) is 10.3. The Kier molecular flexibility index (Phi) is 17.0. The third kappa shape index (κ3) is 15.3. The average molecular weight is 260 g/mol. The molecule has 0 bridgehead atoms. The Balaban J connectivity index is -0.000000720. The molecule has 0 saturated heterocycles. The summed E-state index contributed by atoms with van der Waals surface area (Å²) < 4.78 is 29.5. The van der Waals surface area contributed by atoms with Crippen molar-refractivity contribution < 1.29 is 26.7 Å². The Labute approximate surface area is 134 Å². The maximum atomic E-state index is 10.7. The van der Waals surface area contributed by atoms with Crippen LogP contribution in [0.5, 0.6) is 0 Å². The summed E-state index contributed by atoms with van der Waals surface area (Å²) >= 11 is 0. The molecule has 82 valence electrons. The molecular formula is C6H14Na2O6S. The number of carbonyl (C=O) groups is 1. The molecule has 0 aromatic carbocycles. The molecule has 9 heteroatoms. The fraction of sp³-hybridized carbons (Fsp3) is 0.833. The molecule has 1 N–H and O–H groups in total. The van der Waals surface area contributed by atoms with E-state index < -0.39 is 16.4 Å². The van der Waals surface area contributed by atoms with Crippen LogP contribution in [0.1, 0.15) is 19.8 Å². The predicted molar refractivity (Wildman–Crippen MR) is 57.3 cm³/mol. The quantitative estimate of drug-likeness (QED) is 0.451. The van der Waals surface area contributed by atoms with Gasteiger partial charge in [0.1, 0.15) is 0 Å². The molecule has 0 heterocycles. The molecular weight excluding hydrogens is 246 g/mol. The van der Waals surface area contributed by atoms with Gasteiger partial charge in [0.05, 0.1) is 6.61 Å².